The van der Waals surface area contributed by atoms with Gasteiger partial charge in [0.1, 0.15) is 65.4 Å². The molecule has 0 radical (unpaired) electrons. The maximum atomic E-state index is 12.6. The highest BCUT2D eigenvalue weighted by Crippen LogP contribution is 2.50. The first kappa shape index (κ1) is 112. The van der Waals surface area contributed by atoms with Crippen molar-refractivity contribution in [3.63, 3.8) is 0 Å². The summed E-state index contributed by atoms with van der Waals surface area (Å²) in [5.74, 6) is 9.12. The van der Waals surface area contributed by atoms with Gasteiger partial charge in [-0.2, -0.15) is 0 Å². The van der Waals surface area contributed by atoms with Gasteiger partial charge in [0.15, 0.2) is 5.76 Å². The van der Waals surface area contributed by atoms with Crippen molar-refractivity contribution in [3.8, 4) is 0 Å². The molecule has 8 saturated heterocycles. The van der Waals surface area contributed by atoms with Gasteiger partial charge < -0.3 is 113 Å². The number of esters is 2. The fourth-order valence-electron chi connectivity index (χ4n) is 20.3. The lowest BCUT2D eigenvalue weighted by Crippen LogP contribution is -2.42. The fraction of sp³-hybridized carbons (Fsp3) is 0.692. The number of aliphatic hydroxyl groups excluding tert-OH is 2. The van der Waals surface area contributed by atoms with Crippen molar-refractivity contribution in [2.45, 2.75) is 331 Å². The number of piperidine rings is 2. The number of benzene rings is 2. The van der Waals surface area contributed by atoms with Crippen LogP contribution >= 0.6 is 23.2 Å². The molecule has 786 valence electrons. The molecule has 8 aliphatic carbocycles. The summed E-state index contributed by atoms with van der Waals surface area (Å²) in [5, 5.41) is 59.0. The summed E-state index contributed by atoms with van der Waals surface area (Å²) in [6, 6.07) is 19.9. The van der Waals surface area contributed by atoms with Crippen LogP contribution in [0.25, 0.3) is 0 Å². The van der Waals surface area contributed by atoms with Gasteiger partial charge in [0.25, 0.3) is 0 Å². The summed E-state index contributed by atoms with van der Waals surface area (Å²) in [6.07, 6.45) is 34.6. The van der Waals surface area contributed by atoms with Gasteiger partial charge in [0.2, 0.25) is 0 Å². The van der Waals surface area contributed by atoms with Crippen molar-refractivity contribution in [2.75, 3.05) is 106 Å². The molecule has 12 heterocycles. The van der Waals surface area contributed by atoms with Gasteiger partial charge in [-0.05, 0) is 205 Å². The van der Waals surface area contributed by atoms with Gasteiger partial charge >= 0.3 is 24.1 Å². The Labute approximate surface area is 845 Å². The van der Waals surface area contributed by atoms with E-state index in [1.165, 1.54) is 76.2 Å². The molecule has 22 rings (SSSR count). The predicted molar refractivity (Wildman–Crippen MR) is 528 cm³/mol. The van der Waals surface area contributed by atoms with Crippen molar-refractivity contribution in [1.82, 2.24) is 30.4 Å². The van der Waals surface area contributed by atoms with Crippen LogP contribution in [0.5, 0.6) is 0 Å². The summed E-state index contributed by atoms with van der Waals surface area (Å²) in [4.78, 5) is 72.2. The Balaban J connectivity index is 0.000000148. The van der Waals surface area contributed by atoms with E-state index in [1.807, 2.05) is 72.5 Å². The van der Waals surface area contributed by atoms with Crippen LogP contribution in [0, 0.1) is 42.9 Å². The first-order valence-corrected chi connectivity index (χ1v) is 52.6. The first-order chi connectivity index (χ1) is 68.5. The summed E-state index contributed by atoms with van der Waals surface area (Å²) >= 11 is 11.6. The second-order valence-corrected chi connectivity index (χ2v) is 40.2. The topological polar surface area (TPSA) is 420 Å². The van der Waals surface area contributed by atoms with Crippen molar-refractivity contribution in [2.24, 2.45) is 45.8 Å². The van der Waals surface area contributed by atoms with E-state index in [9.17, 15) is 39.0 Å². The molecule has 4 aromatic heterocycles. The molecule has 4 N–H and O–H groups in total. The van der Waals surface area contributed by atoms with E-state index in [0.29, 0.717) is 116 Å². The number of likely N-dealkylation sites (tertiary alicyclic amines) is 2. The molecule has 6 atom stereocenters. The van der Waals surface area contributed by atoms with Crippen LogP contribution in [0.2, 0.25) is 0 Å². The summed E-state index contributed by atoms with van der Waals surface area (Å²) in [6.45, 7) is 16.2. The molecule has 16 fully saturated rings. The number of fused-ring (bicyclic) bond motifs is 4. The number of carbonyl (C=O) groups is 6. The van der Waals surface area contributed by atoms with E-state index in [1.54, 1.807) is 18.0 Å². The van der Waals surface area contributed by atoms with Crippen LogP contribution in [0.1, 0.15) is 358 Å². The largest absolute Gasteiger partial charge is 0.466 e. The Morgan fingerprint density at radius 2 is 0.873 bits per heavy atom. The number of carbonyl (C=O) groups excluding carboxylic acids is 6. The van der Waals surface area contributed by atoms with Gasteiger partial charge in [0, 0.05) is 210 Å². The smallest absolute Gasteiger partial charge is 0.410 e. The number of amides is 2. The average Bonchev–Trinajstić information content (AvgIpc) is 1.73. The third-order valence-corrected chi connectivity index (χ3v) is 29.9. The minimum absolute atomic E-state index is 0. The molecule has 6 aromatic rings. The van der Waals surface area contributed by atoms with Crippen LogP contribution in [-0.2, 0) is 98.8 Å². The van der Waals surface area contributed by atoms with Crippen molar-refractivity contribution in [3.05, 3.63) is 147 Å². The lowest BCUT2D eigenvalue weighted by Gasteiger charge is -2.31. The number of hydrogen-bond donors (Lipinski definition) is 4. The second-order valence-electron chi connectivity index (χ2n) is 39.5. The minimum atomic E-state index is -0.385. The lowest BCUT2D eigenvalue weighted by atomic mass is 9.85. The zero-order chi connectivity index (χ0) is 97.9. The molecular formula is C107H153Cl2N8O25-. The number of ketones is 1. The number of aromatic nitrogens is 4. The number of aliphatic hydroxyl groups is 2. The van der Waals surface area contributed by atoms with E-state index in [2.05, 4.69) is 35.7 Å². The maximum Gasteiger partial charge on any atom is 0.410 e. The van der Waals surface area contributed by atoms with Gasteiger partial charge in [-0.25, -0.2) is 14.4 Å². The van der Waals surface area contributed by atoms with Crippen LogP contribution in [0.15, 0.2) is 89.1 Å². The third-order valence-electron chi connectivity index (χ3n) is 29.3. The highest BCUT2D eigenvalue weighted by molar-refractivity contribution is 6.65. The van der Waals surface area contributed by atoms with Crippen molar-refractivity contribution in [1.29, 1.82) is 0 Å². The molecule has 4 bridgehead atoms. The molecular weight excluding hydrogens is 1870 g/mol. The SMILES string of the molecule is C.CCOC(=O)CC(=O)C1CC1.CCOC(=O)c1c(C2CCOCC2)noc1C1CC1.ClCc1c(C2CCOCC2)noc1C1CC1.O/N=C(\Cl)C1CCOCC1.O/N=C/C1CCOCC1.O=C(OCc1ccccc1)N1C[C@@H]2C[C@H]1C[C@H]2O.O=C(OCc1ccccc1)N1C[C@@H]2C[C@H]1C[C@H]2OCc1c(C2CCOCC2)noc1C1CC1.O=CC1CCOCC1.OCc1c(C2CCCCC2)noc1C1CC1.[CH3-]. The van der Waals surface area contributed by atoms with Crippen molar-refractivity contribution < 1.29 is 120 Å². The molecule has 8 aliphatic heterocycles. The molecule has 142 heavy (non-hydrogen) atoms. The van der Waals surface area contributed by atoms with E-state index in [4.69, 9.17) is 99.1 Å². The monoisotopic (exact) mass is 2020 g/mol. The quantitative estimate of drug-likeness (QED) is 0.00451. The number of rotatable bonds is 26. The summed E-state index contributed by atoms with van der Waals surface area (Å²) in [7, 11) is 0. The molecule has 8 saturated carbocycles. The predicted octanol–water partition coefficient (Wildman–Crippen LogP) is 20.4. The van der Waals surface area contributed by atoms with E-state index >= 15 is 0 Å². The van der Waals surface area contributed by atoms with E-state index < -0.39 is 0 Å². The van der Waals surface area contributed by atoms with Crippen LogP contribution in [-0.4, -0.2) is 229 Å². The van der Waals surface area contributed by atoms with Crippen LogP contribution in [0.4, 0.5) is 9.59 Å². The van der Waals surface area contributed by atoms with Gasteiger partial charge in [-0.15, -0.1) is 16.8 Å². The standard InChI is InChI=1S/C26H32N2O5.C14H19NO4.C14H17NO3.C13H19NO2.C12H16ClNO2.C8H12O3.C6H10ClNO2.C6H11NO2.C6H10O2.CH4.CH3/c29-26(32-15-17-4-2-1-3-5-17)28-14-20-12-21(28)13-23(20)31-16-22-24(18-8-10-30-11-9-18)27-33-25(22)19-6-7-19;1-2-18-14(16)11-12(9-5-7-17-8-6-9)15-19-13(11)10-3-4-10;16-13-7-12-6-11(13)8-15(12)14(17)18-9-10-4-2-1-3-5-10;15-8-11-12(9-4-2-1-3-5-9)14-16-13(11)10-6-7-10;13-7-10-11(8-3-5-15-6-4-8)14-16-12(10)9-1-2-9;1-2-11-8(10)5-7(9)6-3-4-6;7-6(8-9)5-1-3-10-4-2-5;8-7-5-6-1-3-9-4-2-6;7-5-6-1-3-8-4-2-6;;/h1-5,18-21,23H,6-16H2;9-10H,2-8H2,1H3;1-5,11-13,16H,6-9H2;9-10,15H,1-8H2;8-9H,1-7H2;6H,2-5H2,1H3;5,9H,1-4H2;5-6,8H,1-4H2;5-6H,1-4H2;1H4;1H3/q;;;;;;;;;;-1/b;;;;;;8-6-;7-5+;;;/t20-,21-,23+;;11-,12-,13+;;;;;;;;/m0.0......../s1. The Kier molecular flexibility index (Phi) is 46.2. The number of oxime groups is 2. The molecule has 0 unspecified atom stereocenters. The molecule has 2 aromatic carbocycles. The fourth-order valence-corrected chi connectivity index (χ4v) is 20.8. The maximum absolute atomic E-state index is 12.6. The number of aldehydes is 1. The Bertz CT molecular complexity index is 4720. The van der Waals surface area contributed by atoms with Gasteiger partial charge in [-0.1, -0.05) is 125 Å². The number of nitrogens with zero attached hydrogens (tertiary/aromatic N) is 8. The van der Waals surface area contributed by atoms with Crippen LogP contribution in [0.3, 0.4) is 0 Å². The summed E-state index contributed by atoms with van der Waals surface area (Å²) < 4.78 is 80.9. The number of hydrogen-bond acceptors (Lipinski definition) is 31. The zero-order valence-electron chi connectivity index (χ0n) is 82.5. The van der Waals surface area contributed by atoms with Crippen LogP contribution < -0.4 is 0 Å². The Morgan fingerprint density at radius 3 is 1.30 bits per heavy atom. The highest BCUT2D eigenvalue weighted by atomic mass is 35.5. The molecule has 0 spiro atoms. The van der Waals surface area contributed by atoms with Gasteiger partial charge in [-0.3, -0.25) is 9.59 Å². The third kappa shape index (κ3) is 33.4. The first-order valence-electron chi connectivity index (χ1n) is 51.7. The molecule has 2 amide bonds. The number of alkyl halides is 1. The molecule has 35 heteroatoms. The summed E-state index contributed by atoms with van der Waals surface area (Å²) in [5.41, 5.74) is 9.99. The Hall–Kier alpha value is -8.74. The second kappa shape index (κ2) is 58.6. The molecule has 16 aliphatic rings. The Morgan fingerprint density at radius 1 is 0.458 bits per heavy atom. The van der Waals surface area contributed by atoms with E-state index in [0.717, 1.165) is 282 Å². The number of Topliss-reactive ketones (excluding diaryl/α,β-unsaturated/α-hetero) is 1. The zero-order valence-corrected chi connectivity index (χ0v) is 84.0. The van der Waals surface area contributed by atoms with E-state index in [-0.39, 0.29) is 112 Å². The number of ether oxygens (including phenoxy) is 11. The number of halogens is 2. The minimum Gasteiger partial charge on any atom is -0.466 e. The van der Waals surface area contributed by atoms with Gasteiger partial charge in [0.05, 0.1) is 61.6 Å². The van der Waals surface area contributed by atoms with Crippen molar-refractivity contribution >= 4 is 70.8 Å². The molecule has 33 nitrogen and oxygen atoms in total. The normalized spacial score (nSPS) is 23.5. The highest BCUT2D eigenvalue weighted by Gasteiger charge is 2.50. The average molecular weight is 2020 g/mol. The lowest BCUT2D eigenvalue weighted by molar-refractivity contribution is -0.145.